The van der Waals surface area contributed by atoms with Gasteiger partial charge in [-0.1, -0.05) is 11.6 Å². The fourth-order valence-corrected chi connectivity index (χ4v) is 2.99. The standard InChI is InChI=1S/C15H26N2/c1-15(2,3)17-9-7-12(8-10-17)13-5-4-6-14(16)11-13/h6,11-12H,4-5,7-10,16H2,1-3H3. The Morgan fingerprint density at radius 3 is 2.41 bits per heavy atom. The molecular formula is C15H26N2. The second-order valence-electron chi connectivity index (χ2n) is 6.39. The molecule has 2 N–H and O–H groups in total. The van der Waals surface area contributed by atoms with Crippen LogP contribution >= 0.6 is 0 Å². The van der Waals surface area contributed by atoms with E-state index >= 15 is 0 Å². The predicted octanol–water partition coefficient (Wildman–Crippen LogP) is 3.06. The number of allylic oxidation sites excluding steroid dienone is 3. The molecule has 96 valence electrons. The molecule has 0 amide bonds. The lowest BCUT2D eigenvalue weighted by Gasteiger charge is -2.41. The van der Waals surface area contributed by atoms with E-state index in [9.17, 15) is 0 Å². The topological polar surface area (TPSA) is 29.3 Å². The van der Waals surface area contributed by atoms with Crippen molar-refractivity contribution in [3.63, 3.8) is 0 Å². The molecule has 1 saturated heterocycles. The van der Waals surface area contributed by atoms with Crippen LogP contribution < -0.4 is 5.73 Å². The maximum Gasteiger partial charge on any atom is 0.0273 e. The van der Waals surface area contributed by atoms with Crippen LogP contribution in [0.1, 0.15) is 46.5 Å². The summed E-state index contributed by atoms with van der Waals surface area (Å²) in [7, 11) is 0. The fourth-order valence-electron chi connectivity index (χ4n) is 2.99. The molecule has 1 aliphatic carbocycles. The van der Waals surface area contributed by atoms with Crippen LogP contribution in [0.15, 0.2) is 23.4 Å². The summed E-state index contributed by atoms with van der Waals surface area (Å²) in [5.41, 5.74) is 8.80. The highest BCUT2D eigenvalue weighted by Crippen LogP contribution is 2.32. The van der Waals surface area contributed by atoms with Crippen molar-refractivity contribution < 1.29 is 0 Å². The molecular weight excluding hydrogens is 208 g/mol. The van der Waals surface area contributed by atoms with E-state index in [2.05, 4.69) is 37.8 Å². The maximum absolute atomic E-state index is 5.90. The highest BCUT2D eigenvalue weighted by atomic mass is 15.2. The fraction of sp³-hybridized carbons (Fsp3) is 0.733. The summed E-state index contributed by atoms with van der Waals surface area (Å²) >= 11 is 0. The van der Waals surface area contributed by atoms with Crippen molar-refractivity contribution in [3.05, 3.63) is 23.4 Å². The molecule has 2 nitrogen and oxygen atoms in total. The molecule has 0 unspecified atom stereocenters. The molecule has 0 atom stereocenters. The van der Waals surface area contributed by atoms with Gasteiger partial charge in [-0.25, -0.2) is 0 Å². The first kappa shape index (κ1) is 12.7. The zero-order valence-electron chi connectivity index (χ0n) is 11.5. The van der Waals surface area contributed by atoms with Crippen LogP contribution in [-0.4, -0.2) is 23.5 Å². The molecule has 2 heteroatoms. The van der Waals surface area contributed by atoms with E-state index in [1.54, 1.807) is 5.57 Å². The number of nitrogens with two attached hydrogens (primary N) is 1. The Hall–Kier alpha value is -0.760. The van der Waals surface area contributed by atoms with Crippen LogP contribution in [0.4, 0.5) is 0 Å². The largest absolute Gasteiger partial charge is 0.399 e. The minimum Gasteiger partial charge on any atom is -0.399 e. The van der Waals surface area contributed by atoms with Crippen LogP contribution in [0.5, 0.6) is 0 Å². The monoisotopic (exact) mass is 234 g/mol. The molecule has 0 aromatic carbocycles. The van der Waals surface area contributed by atoms with Crippen molar-refractivity contribution in [2.75, 3.05) is 13.1 Å². The minimum atomic E-state index is 0.324. The van der Waals surface area contributed by atoms with Gasteiger partial charge in [0.15, 0.2) is 0 Å². The molecule has 0 aromatic heterocycles. The van der Waals surface area contributed by atoms with Crippen molar-refractivity contribution in [1.29, 1.82) is 0 Å². The van der Waals surface area contributed by atoms with Gasteiger partial charge in [-0.2, -0.15) is 0 Å². The van der Waals surface area contributed by atoms with Crippen molar-refractivity contribution in [2.45, 2.75) is 52.0 Å². The van der Waals surface area contributed by atoms with Gasteiger partial charge < -0.3 is 5.73 Å². The predicted molar refractivity (Wildman–Crippen MR) is 73.6 cm³/mol. The third-order valence-corrected chi connectivity index (χ3v) is 4.13. The molecule has 0 bridgehead atoms. The average Bonchev–Trinajstić information content (AvgIpc) is 2.28. The van der Waals surface area contributed by atoms with E-state index < -0.39 is 0 Å². The summed E-state index contributed by atoms with van der Waals surface area (Å²) in [5, 5.41) is 0. The van der Waals surface area contributed by atoms with Crippen LogP contribution in [0.25, 0.3) is 0 Å². The van der Waals surface area contributed by atoms with E-state index in [0.717, 1.165) is 18.0 Å². The third-order valence-electron chi connectivity index (χ3n) is 4.13. The zero-order chi connectivity index (χ0) is 12.5. The number of hydrogen-bond donors (Lipinski definition) is 1. The quantitative estimate of drug-likeness (QED) is 0.755. The number of rotatable bonds is 1. The number of likely N-dealkylation sites (tertiary alicyclic amines) is 1. The maximum atomic E-state index is 5.90. The Morgan fingerprint density at radius 1 is 1.24 bits per heavy atom. The summed E-state index contributed by atoms with van der Waals surface area (Å²) in [5.74, 6) is 0.779. The Balaban J connectivity index is 1.94. The lowest BCUT2D eigenvalue weighted by Crippen LogP contribution is -2.46. The molecule has 2 rings (SSSR count). The SMILES string of the molecule is CC(C)(C)N1CCC(C2=CC(N)=CCC2)CC1. The minimum absolute atomic E-state index is 0.324. The molecule has 2 aliphatic rings. The molecule has 0 spiro atoms. The Morgan fingerprint density at radius 2 is 1.88 bits per heavy atom. The van der Waals surface area contributed by atoms with E-state index in [-0.39, 0.29) is 0 Å². The molecule has 1 fully saturated rings. The molecule has 17 heavy (non-hydrogen) atoms. The summed E-state index contributed by atoms with van der Waals surface area (Å²) < 4.78 is 0. The van der Waals surface area contributed by atoms with E-state index in [0.29, 0.717) is 5.54 Å². The first-order valence-electron chi connectivity index (χ1n) is 6.88. The van der Waals surface area contributed by atoms with Gasteiger partial charge in [0, 0.05) is 11.2 Å². The molecule has 0 saturated carbocycles. The highest BCUT2D eigenvalue weighted by Gasteiger charge is 2.28. The summed E-state index contributed by atoms with van der Waals surface area (Å²) in [6.45, 7) is 9.40. The Kier molecular flexibility index (Phi) is 3.62. The first-order chi connectivity index (χ1) is 7.97. The van der Waals surface area contributed by atoms with Gasteiger partial charge in [-0.15, -0.1) is 0 Å². The van der Waals surface area contributed by atoms with E-state index in [1.165, 1.54) is 32.4 Å². The Labute approximate surface area is 106 Å². The van der Waals surface area contributed by atoms with Gasteiger partial charge >= 0.3 is 0 Å². The van der Waals surface area contributed by atoms with Gasteiger partial charge in [0.25, 0.3) is 0 Å². The smallest absolute Gasteiger partial charge is 0.0273 e. The van der Waals surface area contributed by atoms with Gasteiger partial charge in [0.05, 0.1) is 0 Å². The van der Waals surface area contributed by atoms with E-state index in [4.69, 9.17) is 5.73 Å². The molecule has 0 radical (unpaired) electrons. The normalized spacial score (nSPS) is 24.4. The van der Waals surface area contributed by atoms with Gasteiger partial charge in [0.2, 0.25) is 0 Å². The number of nitrogens with zero attached hydrogens (tertiary/aromatic N) is 1. The summed E-state index contributed by atoms with van der Waals surface area (Å²) in [6, 6.07) is 0. The number of piperidine rings is 1. The van der Waals surface area contributed by atoms with Crippen LogP contribution in [0.2, 0.25) is 0 Å². The lowest BCUT2D eigenvalue weighted by atomic mass is 9.83. The van der Waals surface area contributed by atoms with Crippen LogP contribution in [0, 0.1) is 5.92 Å². The van der Waals surface area contributed by atoms with Gasteiger partial charge in [-0.3, -0.25) is 4.90 Å². The first-order valence-corrected chi connectivity index (χ1v) is 6.88. The third kappa shape index (κ3) is 3.12. The van der Waals surface area contributed by atoms with Gasteiger partial charge in [0.1, 0.15) is 0 Å². The lowest BCUT2D eigenvalue weighted by molar-refractivity contribution is 0.0942. The highest BCUT2D eigenvalue weighted by molar-refractivity contribution is 5.27. The zero-order valence-corrected chi connectivity index (χ0v) is 11.5. The van der Waals surface area contributed by atoms with Crippen molar-refractivity contribution >= 4 is 0 Å². The van der Waals surface area contributed by atoms with Crippen molar-refractivity contribution in [1.82, 2.24) is 4.90 Å². The van der Waals surface area contributed by atoms with Crippen LogP contribution in [-0.2, 0) is 0 Å². The summed E-state index contributed by atoms with van der Waals surface area (Å²) in [4.78, 5) is 2.60. The number of hydrogen-bond acceptors (Lipinski definition) is 2. The Bertz CT molecular complexity index is 325. The van der Waals surface area contributed by atoms with Gasteiger partial charge in [-0.05, 0) is 71.5 Å². The van der Waals surface area contributed by atoms with Crippen molar-refractivity contribution in [2.24, 2.45) is 11.7 Å². The van der Waals surface area contributed by atoms with E-state index in [1.807, 2.05) is 0 Å². The van der Waals surface area contributed by atoms with Crippen molar-refractivity contribution in [3.8, 4) is 0 Å². The summed E-state index contributed by atoms with van der Waals surface area (Å²) in [6.07, 6.45) is 9.33. The molecule has 0 aromatic rings. The second kappa shape index (κ2) is 4.85. The second-order valence-corrected chi connectivity index (χ2v) is 6.39. The average molecular weight is 234 g/mol. The molecule has 1 heterocycles. The van der Waals surface area contributed by atoms with Crippen LogP contribution in [0.3, 0.4) is 0 Å². The molecule has 1 aliphatic heterocycles.